The van der Waals surface area contributed by atoms with Crippen LogP contribution in [0.1, 0.15) is 0 Å². The second-order valence-electron chi connectivity index (χ2n) is 3.35. The second-order valence-corrected chi connectivity index (χ2v) is 3.35. The molecule has 0 aliphatic heterocycles. The number of carbonyl (C=O) groups excluding carboxylic acids is 2. The van der Waals surface area contributed by atoms with Crippen molar-refractivity contribution in [2.45, 2.75) is 0 Å². The van der Waals surface area contributed by atoms with Crippen molar-refractivity contribution in [3.05, 3.63) is 41.1 Å². The van der Waals surface area contributed by atoms with Crippen LogP contribution >= 0.6 is 0 Å². The van der Waals surface area contributed by atoms with Crippen LogP contribution in [0.5, 0.6) is 0 Å². The molecule has 0 atom stereocenters. The van der Waals surface area contributed by atoms with Crippen LogP contribution in [-0.2, 0) is 31.2 Å². The zero-order valence-corrected chi connectivity index (χ0v) is 12.7. The first-order valence-corrected chi connectivity index (χ1v) is 4.98. The Morgan fingerprint density at radius 3 is 2.22 bits per heavy atom. The number of allylic oxidation sites excluding steroid dienone is 3. The summed E-state index contributed by atoms with van der Waals surface area (Å²) in [6.45, 7) is -0.761. The summed E-state index contributed by atoms with van der Waals surface area (Å²) < 4.78 is 0. The summed E-state index contributed by atoms with van der Waals surface area (Å²) in [4.78, 5) is 32.0. The van der Waals surface area contributed by atoms with Gasteiger partial charge < -0.3 is 47.5 Å². The maximum absolute atomic E-state index is 11.1. The number of hydrogen-bond acceptors (Lipinski definition) is 5. The molecular weight excluding hydrogens is 363 g/mol. The predicted octanol–water partition coefficient (Wildman–Crippen LogP) is -3.28. The molecule has 1 rings (SSSR count). The fourth-order valence-corrected chi connectivity index (χ4v) is 1.11. The van der Waals surface area contributed by atoms with Crippen LogP contribution in [-0.4, -0.2) is 62.9 Å². The van der Waals surface area contributed by atoms with Crippen LogP contribution in [0.4, 0.5) is 0 Å². The minimum absolute atomic E-state index is 0. The molecule has 0 aromatic rings. The van der Waals surface area contributed by atoms with Gasteiger partial charge in [0.25, 0.3) is 5.97 Å². The van der Waals surface area contributed by atoms with E-state index in [9.17, 15) is 19.5 Å². The van der Waals surface area contributed by atoms with E-state index in [0.717, 1.165) is 6.08 Å². The van der Waals surface area contributed by atoms with Crippen molar-refractivity contribution in [3.63, 3.8) is 0 Å². The molecule has 1 aliphatic carbocycles. The Morgan fingerprint density at radius 1 is 1.17 bits per heavy atom. The van der Waals surface area contributed by atoms with E-state index in [1.807, 2.05) is 0 Å². The van der Waals surface area contributed by atoms with Crippen LogP contribution in [0.3, 0.4) is 0 Å². The molecule has 0 saturated heterocycles. The number of ketones is 1. The van der Waals surface area contributed by atoms with Crippen molar-refractivity contribution in [2.24, 2.45) is 0 Å². The van der Waals surface area contributed by atoms with E-state index in [0.29, 0.717) is 5.57 Å². The first-order valence-electron chi connectivity index (χ1n) is 4.98. The van der Waals surface area contributed by atoms with Crippen LogP contribution in [0.2, 0.25) is 0 Å². The zero-order valence-electron chi connectivity index (χ0n) is 11.6. The van der Waals surface area contributed by atoms with Crippen LogP contribution in [0, 0.1) is 0 Å². The van der Waals surface area contributed by atoms with Gasteiger partial charge in [-0.25, -0.2) is 0 Å². The van der Waals surface area contributed by atoms with Gasteiger partial charge in [0.2, 0.25) is 0 Å². The Labute approximate surface area is 141 Å². The average molecular weight is 382 g/mol. The molecule has 0 unspecified atom stereocenters. The molecule has 0 fully saturated rings. The normalized spacial score (nSPS) is 12.8. The van der Waals surface area contributed by atoms with Crippen molar-refractivity contribution >= 4 is 17.7 Å². The maximum Gasteiger partial charge on any atom is 0.285 e. The number of carbonyl (C=O) groups is 3. The molecule has 0 saturated carbocycles. The number of carboxylic acids is 1. The first-order chi connectivity index (χ1) is 8.49. The number of hydrogen-bond donors (Lipinski definition) is 3. The third kappa shape index (κ3) is 13.2. The standard InChI is InChI=1S/C11H12N2O5.Co.4H2O/c14-8-2-1-7(9(15)3-8)4-12-5-10(16)13-6-11(17)18;;;;;/h1-4H,5-6H2,(H4,12,13,14,15,16,17,18);;4*1H2/p-1. The van der Waals surface area contributed by atoms with Crippen molar-refractivity contribution < 1.29 is 63.3 Å². The number of rotatable bonds is 5. The van der Waals surface area contributed by atoms with Crippen molar-refractivity contribution in [2.75, 3.05) is 13.1 Å². The molecular formula is C11H19CoN2O9-. The van der Waals surface area contributed by atoms with Crippen LogP contribution < -0.4 is 5.32 Å². The predicted molar refractivity (Wildman–Crippen MR) is 76.3 cm³/mol. The zero-order chi connectivity index (χ0) is 13.5. The smallest absolute Gasteiger partial charge is 0.285 e. The number of amides is 1. The third-order valence-corrected chi connectivity index (χ3v) is 1.90. The van der Waals surface area contributed by atoms with Crippen molar-refractivity contribution in [1.82, 2.24) is 5.32 Å². The molecule has 11 N–H and O–H groups in total. The molecule has 12 heteroatoms. The third-order valence-electron chi connectivity index (χ3n) is 1.90. The number of aliphatic hydroxyl groups excluding tert-OH is 1. The molecule has 1 radical (unpaired) electrons. The van der Waals surface area contributed by atoms with Crippen molar-refractivity contribution in [1.29, 1.82) is 0 Å². The number of nitrogens with zero attached hydrogens (tertiary/aromatic N) is 1. The summed E-state index contributed by atoms with van der Waals surface area (Å²) >= 11 is 0. The summed E-state index contributed by atoms with van der Waals surface area (Å²) in [5.74, 6) is -2.33. The molecule has 1 aliphatic rings. The summed E-state index contributed by atoms with van der Waals surface area (Å²) in [5, 5.41) is 23.5. The van der Waals surface area contributed by atoms with Gasteiger partial charge >= 0.3 is 0 Å². The first kappa shape index (κ1) is 32.6. The minimum Gasteiger partial charge on any atom is -0.643 e. The fourth-order valence-electron chi connectivity index (χ4n) is 1.11. The monoisotopic (exact) mass is 382 g/mol. The maximum atomic E-state index is 11.1. The van der Waals surface area contributed by atoms with Crippen LogP contribution in [0.15, 0.2) is 35.8 Å². The Bertz CT molecular complexity index is 474. The molecule has 0 bridgehead atoms. The van der Waals surface area contributed by atoms with E-state index in [1.165, 1.54) is 18.4 Å². The topological polar surface area (TPSA) is 244 Å². The van der Waals surface area contributed by atoms with Gasteiger partial charge in [-0.2, -0.15) is 0 Å². The molecule has 11 nitrogen and oxygen atoms in total. The van der Waals surface area contributed by atoms with E-state index in [4.69, 9.17) is 5.11 Å². The van der Waals surface area contributed by atoms with Gasteiger partial charge in [0.15, 0.2) is 5.78 Å². The van der Waals surface area contributed by atoms with Gasteiger partial charge in [-0.1, -0.05) is 0 Å². The summed E-state index contributed by atoms with van der Waals surface area (Å²) in [5.41, 5.74) is 0.348. The number of aliphatic hydroxyl groups is 1. The van der Waals surface area contributed by atoms with Crippen LogP contribution in [0.25, 0.3) is 5.32 Å². The van der Waals surface area contributed by atoms with E-state index in [1.54, 1.807) is 0 Å². The Hall–Kier alpha value is -2.22. The molecule has 0 spiro atoms. The van der Waals surface area contributed by atoms with Gasteiger partial charge in [0.1, 0.15) is 5.76 Å². The van der Waals surface area contributed by atoms with E-state index >= 15 is 0 Å². The molecule has 23 heavy (non-hydrogen) atoms. The van der Waals surface area contributed by atoms with Gasteiger partial charge in [-0.15, -0.1) is 0 Å². The van der Waals surface area contributed by atoms with E-state index < -0.39 is 18.4 Å². The van der Waals surface area contributed by atoms with E-state index in [-0.39, 0.29) is 56.8 Å². The molecule has 0 heterocycles. The molecule has 0 aromatic carbocycles. The van der Waals surface area contributed by atoms with Gasteiger partial charge in [0.05, 0.1) is 12.5 Å². The Morgan fingerprint density at radius 2 is 1.74 bits per heavy atom. The Balaban J connectivity index is -0.000000216. The largest absolute Gasteiger partial charge is 0.643 e. The Kier molecular flexibility index (Phi) is 22.9. The quantitative estimate of drug-likeness (QED) is 0.439. The molecule has 137 valence electrons. The minimum atomic E-state index is -1.18. The molecule has 0 aromatic heterocycles. The van der Waals surface area contributed by atoms with Gasteiger partial charge in [-0.05, 0) is 18.7 Å². The molecule has 1 amide bonds. The average Bonchev–Trinajstić information content (AvgIpc) is 2.29. The van der Waals surface area contributed by atoms with Gasteiger partial charge in [-0.3, -0.25) is 9.59 Å². The number of aliphatic carboxylic acids is 1. The number of carboxylic acid groups (broad SMARTS) is 1. The summed E-state index contributed by atoms with van der Waals surface area (Å²) in [6, 6.07) is 0. The number of nitrogens with one attached hydrogen (secondary N) is 1. The fraction of sp³-hybridized carbons (Fsp3) is 0.182. The van der Waals surface area contributed by atoms with Crippen molar-refractivity contribution in [3.8, 4) is 0 Å². The summed E-state index contributed by atoms with van der Waals surface area (Å²) in [6.07, 6.45) is 5.04. The second kappa shape index (κ2) is 16.2. The summed E-state index contributed by atoms with van der Waals surface area (Å²) in [7, 11) is 0. The van der Waals surface area contributed by atoms with E-state index in [2.05, 4.69) is 10.6 Å². The van der Waals surface area contributed by atoms with Gasteiger partial charge in [0, 0.05) is 34.6 Å². The SMILES string of the molecule is O.O.O.O.O=C1C=C/C(=C/NCC(=O)[N-]CC(=O)O)C(O)=C1.[Co].